The molecule has 0 aliphatic carbocycles. The van der Waals surface area contributed by atoms with Crippen LogP contribution < -0.4 is 0 Å². The van der Waals surface area contributed by atoms with Gasteiger partial charge in [0, 0.05) is 12.8 Å². The first-order valence-electron chi connectivity index (χ1n) is 5.91. The van der Waals surface area contributed by atoms with Crippen molar-refractivity contribution in [3.63, 3.8) is 0 Å². The highest BCUT2D eigenvalue weighted by Crippen LogP contribution is 2.07. The molecule has 0 aromatic rings. The van der Waals surface area contributed by atoms with Crippen molar-refractivity contribution in [1.29, 1.82) is 0 Å². The molecule has 0 atom stereocenters. The molecule has 0 aromatic heterocycles. The average Bonchev–Trinajstić information content (AvgIpc) is 2.19. The van der Waals surface area contributed by atoms with Gasteiger partial charge in [-0.15, -0.1) is 0 Å². The molecule has 0 aliphatic rings. The molecular formula is C12H23O2. The van der Waals surface area contributed by atoms with Gasteiger partial charge in [0.05, 0.1) is 6.61 Å². The summed E-state index contributed by atoms with van der Waals surface area (Å²) < 4.78 is 0. The number of rotatable bonds is 10. The van der Waals surface area contributed by atoms with E-state index in [1.807, 2.05) is 0 Å². The standard InChI is InChI=1S/C12H23O2/c1-2-3-4-6-9-12(14)10-7-5-8-11-13/h2-11H2,1H3. The lowest BCUT2D eigenvalue weighted by molar-refractivity contribution is -0.119. The molecule has 0 amide bonds. The van der Waals surface area contributed by atoms with Crippen molar-refractivity contribution in [2.24, 2.45) is 0 Å². The van der Waals surface area contributed by atoms with Gasteiger partial charge in [-0.3, -0.25) is 4.79 Å². The van der Waals surface area contributed by atoms with Gasteiger partial charge in [-0.25, -0.2) is 5.11 Å². The summed E-state index contributed by atoms with van der Waals surface area (Å²) in [6, 6.07) is 0. The zero-order valence-electron chi connectivity index (χ0n) is 9.39. The lowest BCUT2D eigenvalue weighted by Crippen LogP contribution is -1.97. The predicted octanol–water partition coefficient (Wildman–Crippen LogP) is 3.52. The first kappa shape index (κ1) is 13.6. The summed E-state index contributed by atoms with van der Waals surface area (Å²) >= 11 is 0. The number of hydrogen-bond acceptors (Lipinski definition) is 1. The van der Waals surface area contributed by atoms with Crippen LogP contribution in [0.4, 0.5) is 0 Å². The Morgan fingerprint density at radius 1 is 0.857 bits per heavy atom. The molecule has 14 heavy (non-hydrogen) atoms. The van der Waals surface area contributed by atoms with Crippen LogP contribution in [-0.2, 0) is 9.90 Å². The number of carbonyl (C=O) groups is 1. The van der Waals surface area contributed by atoms with Crippen molar-refractivity contribution in [2.75, 3.05) is 6.61 Å². The van der Waals surface area contributed by atoms with Crippen LogP contribution in [0.15, 0.2) is 0 Å². The number of Topliss-reactive ketones (excluding diaryl/α,β-unsaturated/α-hetero) is 1. The highest BCUT2D eigenvalue weighted by molar-refractivity contribution is 5.78. The fourth-order valence-electron chi connectivity index (χ4n) is 1.47. The molecule has 2 nitrogen and oxygen atoms in total. The number of ketones is 1. The van der Waals surface area contributed by atoms with E-state index < -0.39 is 0 Å². The zero-order valence-corrected chi connectivity index (χ0v) is 9.39. The van der Waals surface area contributed by atoms with Crippen LogP contribution in [0.25, 0.3) is 0 Å². The summed E-state index contributed by atoms with van der Waals surface area (Å²) in [6.07, 6.45) is 8.68. The van der Waals surface area contributed by atoms with Gasteiger partial charge in [-0.2, -0.15) is 0 Å². The van der Waals surface area contributed by atoms with E-state index >= 15 is 0 Å². The molecule has 0 N–H and O–H groups in total. The molecule has 0 spiro atoms. The Morgan fingerprint density at radius 2 is 1.43 bits per heavy atom. The molecule has 0 saturated heterocycles. The van der Waals surface area contributed by atoms with Crippen molar-refractivity contribution in [3.05, 3.63) is 0 Å². The molecule has 83 valence electrons. The van der Waals surface area contributed by atoms with Gasteiger partial charge in [-0.05, 0) is 19.3 Å². The fraction of sp³-hybridized carbons (Fsp3) is 0.917. The smallest absolute Gasteiger partial charge is 0.132 e. The lowest BCUT2D eigenvalue weighted by Gasteiger charge is -2.00. The first-order chi connectivity index (χ1) is 6.81. The predicted molar refractivity (Wildman–Crippen MR) is 57.8 cm³/mol. The van der Waals surface area contributed by atoms with Crippen LogP contribution >= 0.6 is 0 Å². The maximum atomic E-state index is 11.3. The van der Waals surface area contributed by atoms with Crippen LogP contribution in [0.3, 0.4) is 0 Å². The van der Waals surface area contributed by atoms with E-state index in [0.29, 0.717) is 12.2 Å². The highest BCUT2D eigenvalue weighted by Gasteiger charge is 2.00. The topological polar surface area (TPSA) is 37.0 Å². The van der Waals surface area contributed by atoms with Gasteiger partial charge in [-0.1, -0.05) is 32.6 Å². The Kier molecular flexibility index (Phi) is 10.4. The average molecular weight is 199 g/mol. The quantitative estimate of drug-likeness (QED) is 0.496. The largest absolute Gasteiger partial charge is 0.300 e. The van der Waals surface area contributed by atoms with Crippen LogP contribution in [-0.4, -0.2) is 12.4 Å². The number of hydrogen-bond donors (Lipinski definition) is 0. The van der Waals surface area contributed by atoms with Crippen LogP contribution in [0.2, 0.25) is 0 Å². The number of carbonyl (C=O) groups excluding carboxylic acids is 1. The Balaban J connectivity index is 3.11. The summed E-state index contributed by atoms with van der Waals surface area (Å²) in [5.41, 5.74) is 0. The summed E-state index contributed by atoms with van der Waals surface area (Å²) in [5.74, 6) is 0.381. The maximum absolute atomic E-state index is 11.3. The van der Waals surface area contributed by atoms with Crippen molar-refractivity contribution >= 4 is 5.78 Å². The molecule has 0 saturated carbocycles. The second-order valence-electron chi connectivity index (χ2n) is 3.86. The zero-order chi connectivity index (χ0) is 10.6. The van der Waals surface area contributed by atoms with Gasteiger partial charge in [0.2, 0.25) is 0 Å². The molecule has 0 heterocycles. The van der Waals surface area contributed by atoms with Gasteiger partial charge in [0.25, 0.3) is 0 Å². The molecule has 1 radical (unpaired) electrons. The molecule has 0 rings (SSSR count). The monoisotopic (exact) mass is 199 g/mol. The van der Waals surface area contributed by atoms with Crippen LogP contribution in [0.1, 0.15) is 64.7 Å². The van der Waals surface area contributed by atoms with E-state index in [0.717, 1.165) is 32.1 Å². The van der Waals surface area contributed by atoms with Crippen LogP contribution in [0, 0.1) is 0 Å². The summed E-state index contributed by atoms with van der Waals surface area (Å²) in [7, 11) is 0. The van der Waals surface area contributed by atoms with Gasteiger partial charge < -0.3 is 0 Å². The van der Waals surface area contributed by atoms with E-state index in [1.165, 1.54) is 19.3 Å². The summed E-state index contributed by atoms with van der Waals surface area (Å²) in [6.45, 7) is 2.18. The van der Waals surface area contributed by atoms with Gasteiger partial charge in [0.1, 0.15) is 5.78 Å². The second-order valence-corrected chi connectivity index (χ2v) is 3.86. The normalized spacial score (nSPS) is 10.4. The molecule has 2 heteroatoms. The summed E-state index contributed by atoms with van der Waals surface area (Å²) in [5, 5.41) is 10.1. The minimum absolute atomic E-state index is 0.00465. The Labute approximate surface area is 87.7 Å². The Hall–Kier alpha value is -0.370. The van der Waals surface area contributed by atoms with Gasteiger partial charge in [0.15, 0.2) is 0 Å². The SMILES string of the molecule is CCCCCCC(=O)CCCCC[O]. The molecule has 0 bridgehead atoms. The lowest BCUT2D eigenvalue weighted by atomic mass is 10.1. The molecule has 0 aliphatic heterocycles. The maximum Gasteiger partial charge on any atom is 0.132 e. The van der Waals surface area contributed by atoms with Crippen molar-refractivity contribution in [3.8, 4) is 0 Å². The van der Waals surface area contributed by atoms with E-state index in [9.17, 15) is 9.90 Å². The molecule has 0 unspecified atom stereocenters. The fourth-order valence-corrected chi connectivity index (χ4v) is 1.47. The van der Waals surface area contributed by atoms with E-state index in [1.54, 1.807) is 0 Å². The van der Waals surface area contributed by atoms with Crippen molar-refractivity contribution in [2.45, 2.75) is 64.7 Å². The number of unbranched alkanes of at least 4 members (excludes halogenated alkanes) is 5. The first-order valence-corrected chi connectivity index (χ1v) is 5.91. The van der Waals surface area contributed by atoms with E-state index in [-0.39, 0.29) is 6.61 Å². The van der Waals surface area contributed by atoms with Crippen LogP contribution in [0.5, 0.6) is 0 Å². The molecular weight excluding hydrogens is 176 g/mol. The third-order valence-corrected chi connectivity index (χ3v) is 2.41. The second kappa shape index (κ2) is 10.7. The highest BCUT2D eigenvalue weighted by atomic mass is 16.2. The van der Waals surface area contributed by atoms with Crippen molar-refractivity contribution < 1.29 is 9.90 Å². The van der Waals surface area contributed by atoms with Crippen molar-refractivity contribution in [1.82, 2.24) is 0 Å². The molecule has 0 fully saturated rings. The van der Waals surface area contributed by atoms with E-state index in [4.69, 9.17) is 0 Å². The van der Waals surface area contributed by atoms with E-state index in [2.05, 4.69) is 6.92 Å². The Bertz CT molecular complexity index is 118. The summed E-state index contributed by atoms with van der Waals surface area (Å²) in [4.78, 5) is 11.3. The minimum atomic E-state index is 0.00465. The van der Waals surface area contributed by atoms with Gasteiger partial charge >= 0.3 is 0 Å². The Morgan fingerprint density at radius 3 is 1.93 bits per heavy atom. The third-order valence-electron chi connectivity index (χ3n) is 2.41. The third kappa shape index (κ3) is 9.72. The molecule has 0 aromatic carbocycles. The minimum Gasteiger partial charge on any atom is -0.300 e.